The van der Waals surface area contributed by atoms with E-state index in [1.54, 1.807) is 4.90 Å². The van der Waals surface area contributed by atoms with Crippen LogP contribution >= 0.6 is 0 Å². The second-order valence-corrected chi connectivity index (χ2v) is 4.57. The molecule has 0 spiro atoms. The SMILES string of the molecule is CCC(C)CC(=O)N1CCC(C(=O)OC)C1. The maximum Gasteiger partial charge on any atom is 0.310 e. The Kier molecular flexibility index (Phi) is 4.77. The molecule has 16 heavy (non-hydrogen) atoms. The van der Waals surface area contributed by atoms with Gasteiger partial charge in [-0.1, -0.05) is 20.3 Å². The highest BCUT2D eigenvalue weighted by Gasteiger charge is 2.31. The third-order valence-corrected chi connectivity index (χ3v) is 3.30. The second kappa shape index (κ2) is 5.87. The normalized spacial score (nSPS) is 21.9. The fourth-order valence-corrected chi connectivity index (χ4v) is 1.92. The average molecular weight is 227 g/mol. The molecule has 92 valence electrons. The first kappa shape index (κ1) is 13.0. The Bertz CT molecular complexity index is 265. The average Bonchev–Trinajstić information content (AvgIpc) is 2.77. The summed E-state index contributed by atoms with van der Waals surface area (Å²) in [7, 11) is 1.39. The molecular weight excluding hydrogens is 206 g/mol. The molecule has 0 aromatic rings. The van der Waals surface area contributed by atoms with E-state index in [9.17, 15) is 9.59 Å². The van der Waals surface area contributed by atoms with Gasteiger partial charge in [-0.05, 0) is 12.3 Å². The van der Waals surface area contributed by atoms with Gasteiger partial charge in [0, 0.05) is 19.5 Å². The van der Waals surface area contributed by atoms with Gasteiger partial charge in [0.25, 0.3) is 0 Å². The van der Waals surface area contributed by atoms with Crippen LogP contribution in [0.5, 0.6) is 0 Å². The molecular formula is C12H21NO3. The number of hydrogen-bond donors (Lipinski definition) is 0. The number of amides is 1. The van der Waals surface area contributed by atoms with E-state index in [1.807, 2.05) is 0 Å². The summed E-state index contributed by atoms with van der Waals surface area (Å²) in [4.78, 5) is 24.9. The van der Waals surface area contributed by atoms with Crippen molar-refractivity contribution in [1.82, 2.24) is 4.90 Å². The van der Waals surface area contributed by atoms with Crippen molar-refractivity contribution in [2.45, 2.75) is 33.1 Å². The van der Waals surface area contributed by atoms with Gasteiger partial charge in [-0.2, -0.15) is 0 Å². The molecule has 1 fully saturated rings. The molecule has 1 saturated heterocycles. The number of rotatable bonds is 4. The van der Waals surface area contributed by atoms with E-state index in [2.05, 4.69) is 18.6 Å². The summed E-state index contributed by atoms with van der Waals surface area (Å²) in [6.07, 6.45) is 2.34. The van der Waals surface area contributed by atoms with Crippen LogP contribution in [0.2, 0.25) is 0 Å². The zero-order valence-electron chi connectivity index (χ0n) is 10.4. The van der Waals surface area contributed by atoms with Crippen molar-refractivity contribution in [3.05, 3.63) is 0 Å². The van der Waals surface area contributed by atoms with Crippen molar-refractivity contribution >= 4 is 11.9 Å². The molecule has 1 heterocycles. The van der Waals surface area contributed by atoms with E-state index in [1.165, 1.54) is 7.11 Å². The first-order chi connectivity index (χ1) is 7.58. The molecule has 1 rings (SSSR count). The lowest BCUT2D eigenvalue weighted by atomic mass is 10.0. The number of nitrogens with zero attached hydrogens (tertiary/aromatic N) is 1. The number of hydrogen-bond acceptors (Lipinski definition) is 3. The minimum atomic E-state index is -0.196. The zero-order valence-corrected chi connectivity index (χ0v) is 10.4. The van der Waals surface area contributed by atoms with Gasteiger partial charge in [-0.25, -0.2) is 0 Å². The van der Waals surface area contributed by atoms with Crippen molar-refractivity contribution < 1.29 is 14.3 Å². The summed E-state index contributed by atoms with van der Waals surface area (Å²) in [5.41, 5.74) is 0. The van der Waals surface area contributed by atoms with E-state index in [4.69, 9.17) is 0 Å². The van der Waals surface area contributed by atoms with Crippen LogP contribution < -0.4 is 0 Å². The smallest absolute Gasteiger partial charge is 0.310 e. The lowest BCUT2D eigenvalue weighted by molar-refractivity contribution is -0.145. The van der Waals surface area contributed by atoms with Crippen LogP contribution in [0.4, 0.5) is 0 Å². The van der Waals surface area contributed by atoms with Gasteiger partial charge in [0.2, 0.25) is 5.91 Å². The second-order valence-electron chi connectivity index (χ2n) is 4.57. The maximum absolute atomic E-state index is 11.8. The summed E-state index contributed by atoms with van der Waals surface area (Å²) < 4.78 is 4.69. The molecule has 0 aromatic heterocycles. The Morgan fingerprint density at radius 1 is 1.50 bits per heavy atom. The topological polar surface area (TPSA) is 46.6 Å². The lowest BCUT2D eigenvalue weighted by Gasteiger charge is -2.18. The summed E-state index contributed by atoms with van der Waals surface area (Å²) in [5.74, 6) is 0.273. The Morgan fingerprint density at radius 2 is 2.19 bits per heavy atom. The number of ether oxygens (including phenoxy) is 1. The Labute approximate surface area is 96.9 Å². The third-order valence-electron chi connectivity index (χ3n) is 3.30. The van der Waals surface area contributed by atoms with Gasteiger partial charge < -0.3 is 9.64 Å². The summed E-state index contributed by atoms with van der Waals surface area (Å²) in [5, 5.41) is 0. The van der Waals surface area contributed by atoms with E-state index < -0.39 is 0 Å². The number of esters is 1. The van der Waals surface area contributed by atoms with Crippen LogP contribution in [-0.4, -0.2) is 37.0 Å². The van der Waals surface area contributed by atoms with Crippen molar-refractivity contribution in [3.8, 4) is 0 Å². The van der Waals surface area contributed by atoms with Crippen LogP contribution in [-0.2, 0) is 14.3 Å². The molecule has 2 atom stereocenters. The minimum Gasteiger partial charge on any atom is -0.469 e. The van der Waals surface area contributed by atoms with E-state index in [0.717, 1.165) is 12.8 Å². The predicted octanol–water partition coefficient (Wildman–Crippen LogP) is 1.44. The fourth-order valence-electron chi connectivity index (χ4n) is 1.92. The van der Waals surface area contributed by atoms with Crippen molar-refractivity contribution in [1.29, 1.82) is 0 Å². The number of methoxy groups -OCH3 is 1. The monoisotopic (exact) mass is 227 g/mol. The largest absolute Gasteiger partial charge is 0.469 e. The van der Waals surface area contributed by atoms with Crippen LogP contribution in [0.25, 0.3) is 0 Å². The maximum atomic E-state index is 11.8. The Morgan fingerprint density at radius 3 is 2.75 bits per heavy atom. The van der Waals surface area contributed by atoms with E-state index in [-0.39, 0.29) is 17.8 Å². The standard InChI is InChI=1S/C12H21NO3/c1-4-9(2)7-11(14)13-6-5-10(8-13)12(15)16-3/h9-10H,4-8H2,1-3H3. The van der Waals surface area contributed by atoms with Gasteiger partial charge in [-0.15, -0.1) is 0 Å². The van der Waals surface area contributed by atoms with Gasteiger partial charge >= 0.3 is 5.97 Å². The highest BCUT2D eigenvalue weighted by Crippen LogP contribution is 2.20. The van der Waals surface area contributed by atoms with Crippen LogP contribution in [0.1, 0.15) is 33.1 Å². The predicted molar refractivity (Wildman–Crippen MR) is 60.8 cm³/mol. The quantitative estimate of drug-likeness (QED) is 0.683. The highest BCUT2D eigenvalue weighted by atomic mass is 16.5. The van der Waals surface area contributed by atoms with E-state index >= 15 is 0 Å². The van der Waals surface area contributed by atoms with Crippen LogP contribution in [0.3, 0.4) is 0 Å². The molecule has 1 aliphatic rings. The molecule has 0 saturated carbocycles. The zero-order chi connectivity index (χ0) is 12.1. The van der Waals surface area contributed by atoms with Crippen molar-refractivity contribution in [2.75, 3.05) is 20.2 Å². The molecule has 0 bridgehead atoms. The highest BCUT2D eigenvalue weighted by molar-refractivity contribution is 5.79. The molecule has 4 heteroatoms. The minimum absolute atomic E-state index is 0.120. The van der Waals surface area contributed by atoms with Gasteiger partial charge in [-0.3, -0.25) is 9.59 Å². The first-order valence-electron chi connectivity index (χ1n) is 5.94. The molecule has 1 aliphatic heterocycles. The third kappa shape index (κ3) is 3.22. The Hall–Kier alpha value is -1.06. The summed E-state index contributed by atoms with van der Waals surface area (Å²) in [6, 6.07) is 0. The summed E-state index contributed by atoms with van der Waals surface area (Å²) in [6.45, 7) is 5.38. The van der Waals surface area contributed by atoms with Crippen LogP contribution in [0, 0.1) is 11.8 Å². The van der Waals surface area contributed by atoms with Gasteiger partial charge in [0.05, 0.1) is 13.0 Å². The first-order valence-corrected chi connectivity index (χ1v) is 5.94. The molecule has 0 radical (unpaired) electrons. The fraction of sp³-hybridized carbons (Fsp3) is 0.833. The van der Waals surface area contributed by atoms with Crippen molar-refractivity contribution in [3.63, 3.8) is 0 Å². The number of carbonyl (C=O) groups is 2. The number of carbonyl (C=O) groups excluding carboxylic acids is 2. The van der Waals surface area contributed by atoms with Crippen LogP contribution in [0.15, 0.2) is 0 Å². The molecule has 0 aliphatic carbocycles. The van der Waals surface area contributed by atoms with Gasteiger partial charge in [0.15, 0.2) is 0 Å². The van der Waals surface area contributed by atoms with Gasteiger partial charge in [0.1, 0.15) is 0 Å². The molecule has 4 nitrogen and oxygen atoms in total. The van der Waals surface area contributed by atoms with Crippen molar-refractivity contribution in [2.24, 2.45) is 11.8 Å². The molecule has 0 N–H and O–H groups in total. The molecule has 2 unspecified atom stereocenters. The number of likely N-dealkylation sites (tertiary alicyclic amines) is 1. The lowest BCUT2D eigenvalue weighted by Crippen LogP contribution is -2.31. The Balaban J connectivity index is 2.40. The molecule has 1 amide bonds. The summed E-state index contributed by atoms with van der Waals surface area (Å²) >= 11 is 0. The van der Waals surface area contributed by atoms with E-state index in [0.29, 0.717) is 25.4 Å². The molecule has 0 aromatic carbocycles.